The second-order valence-electron chi connectivity index (χ2n) is 9.59. The van der Waals surface area contributed by atoms with Crippen molar-refractivity contribution in [3.8, 4) is 0 Å². The van der Waals surface area contributed by atoms with E-state index in [4.69, 9.17) is 11.6 Å². The van der Waals surface area contributed by atoms with E-state index in [2.05, 4.69) is 15.6 Å². The lowest BCUT2D eigenvalue weighted by molar-refractivity contribution is -0.137. The highest BCUT2D eigenvalue weighted by molar-refractivity contribution is 6.31. The Bertz CT molecular complexity index is 1360. The SMILES string of the molecule is O=C(Nc1ccc(Cl)c(C(F)(F)F)c1)NC1CCc2[nH]c3cccc(C(=O)N4CCCC(O)C4)c3c2C1. The van der Waals surface area contributed by atoms with E-state index in [1.807, 2.05) is 12.1 Å². The number of aryl methyl sites for hydroxylation is 1. The van der Waals surface area contributed by atoms with Crippen LogP contribution in [0, 0.1) is 0 Å². The van der Waals surface area contributed by atoms with Crippen LogP contribution in [0.1, 0.15) is 46.4 Å². The highest BCUT2D eigenvalue weighted by Crippen LogP contribution is 2.36. The van der Waals surface area contributed by atoms with Gasteiger partial charge in [-0.1, -0.05) is 17.7 Å². The molecule has 4 N–H and O–H groups in total. The van der Waals surface area contributed by atoms with E-state index >= 15 is 0 Å². The minimum atomic E-state index is -4.64. The number of piperidine rings is 1. The maximum atomic E-state index is 13.4. The van der Waals surface area contributed by atoms with Crippen LogP contribution < -0.4 is 10.6 Å². The van der Waals surface area contributed by atoms with Gasteiger partial charge in [-0.2, -0.15) is 13.2 Å². The number of H-pyrrole nitrogens is 1. The summed E-state index contributed by atoms with van der Waals surface area (Å²) >= 11 is 5.66. The molecule has 3 amide bonds. The van der Waals surface area contributed by atoms with Crippen molar-refractivity contribution in [1.29, 1.82) is 0 Å². The molecule has 2 heterocycles. The number of anilines is 1. The first-order valence-electron chi connectivity index (χ1n) is 12.1. The largest absolute Gasteiger partial charge is 0.417 e. The zero-order valence-electron chi connectivity index (χ0n) is 19.8. The van der Waals surface area contributed by atoms with Gasteiger partial charge in [0, 0.05) is 47.0 Å². The number of aliphatic hydroxyl groups excluding tert-OH is 1. The third kappa shape index (κ3) is 5.26. The Morgan fingerprint density at radius 1 is 1.16 bits per heavy atom. The number of nitrogens with one attached hydrogen (secondary N) is 3. The average Bonchev–Trinajstić information content (AvgIpc) is 3.22. The van der Waals surface area contributed by atoms with Crippen LogP contribution in [0.15, 0.2) is 36.4 Å². The smallest absolute Gasteiger partial charge is 0.391 e. The lowest BCUT2D eigenvalue weighted by Crippen LogP contribution is -2.42. The quantitative estimate of drug-likeness (QED) is 0.375. The zero-order chi connectivity index (χ0) is 26.3. The van der Waals surface area contributed by atoms with E-state index in [-0.39, 0.29) is 17.6 Å². The Balaban J connectivity index is 1.33. The van der Waals surface area contributed by atoms with Gasteiger partial charge in [-0.25, -0.2) is 4.79 Å². The van der Waals surface area contributed by atoms with Crippen molar-refractivity contribution < 1.29 is 27.9 Å². The first-order valence-corrected chi connectivity index (χ1v) is 12.5. The van der Waals surface area contributed by atoms with E-state index in [1.54, 1.807) is 11.0 Å². The number of carbonyl (C=O) groups excluding carboxylic acids is 2. The predicted octanol–water partition coefficient (Wildman–Crippen LogP) is 5.12. The number of rotatable bonds is 3. The molecule has 1 aromatic heterocycles. The number of aromatic amines is 1. The lowest BCUT2D eigenvalue weighted by Gasteiger charge is -2.30. The lowest BCUT2D eigenvalue weighted by atomic mass is 9.90. The van der Waals surface area contributed by atoms with Crippen LogP contribution in [-0.4, -0.2) is 52.2 Å². The molecule has 0 saturated carbocycles. The maximum absolute atomic E-state index is 13.4. The van der Waals surface area contributed by atoms with Gasteiger partial charge in [0.15, 0.2) is 0 Å². The molecule has 0 spiro atoms. The molecule has 2 unspecified atom stereocenters. The van der Waals surface area contributed by atoms with E-state index < -0.39 is 28.9 Å². The molecule has 2 aromatic carbocycles. The summed E-state index contributed by atoms with van der Waals surface area (Å²) in [5.41, 5.74) is 2.29. The van der Waals surface area contributed by atoms with Crippen LogP contribution in [0.4, 0.5) is 23.7 Å². The van der Waals surface area contributed by atoms with Crippen LogP contribution in [0.2, 0.25) is 5.02 Å². The number of urea groups is 1. The topological polar surface area (TPSA) is 97.5 Å². The van der Waals surface area contributed by atoms with Crippen LogP contribution in [-0.2, 0) is 19.0 Å². The number of hydrogen-bond donors (Lipinski definition) is 4. The molecule has 0 radical (unpaired) electrons. The van der Waals surface area contributed by atoms with E-state index in [0.717, 1.165) is 40.7 Å². The van der Waals surface area contributed by atoms with Crippen molar-refractivity contribution in [3.63, 3.8) is 0 Å². The van der Waals surface area contributed by atoms with Crippen LogP contribution in [0.25, 0.3) is 10.9 Å². The number of alkyl halides is 3. The minimum absolute atomic E-state index is 0.0191. The Labute approximate surface area is 216 Å². The average molecular weight is 535 g/mol. The fourth-order valence-electron chi connectivity index (χ4n) is 5.26. The van der Waals surface area contributed by atoms with Crippen LogP contribution in [0.3, 0.4) is 0 Å². The number of β-amino-alcohol motifs (C(OH)–C–C–N with tert-alkyl or cyclic N) is 1. The summed E-state index contributed by atoms with van der Waals surface area (Å²) in [6.07, 6.45) is -2.01. The van der Waals surface area contributed by atoms with Gasteiger partial charge in [-0.3, -0.25) is 4.79 Å². The number of aromatic nitrogens is 1. The standard InChI is InChI=1S/C26H26ClF3N4O3/c27-20-8-6-15(12-19(20)26(28,29)30)32-25(37)31-14-7-9-21-18(11-14)23-17(4-1-5-22(23)33-21)24(36)34-10-2-3-16(35)13-34/h1,4-6,8,12,14,16,33,35H,2-3,7,9-11,13H2,(H2,31,32,37). The highest BCUT2D eigenvalue weighted by atomic mass is 35.5. The number of halogens is 4. The molecular formula is C26H26ClF3N4O3. The minimum Gasteiger partial charge on any atom is -0.391 e. The van der Waals surface area contributed by atoms with Crippen molar-refractivity contribution in [2.24, 2.45) is 0 Å². The molecular weight excluding hydrogens is 509 g/mol. The molecule has 1 saturated heterocycles. The van der Waals surface area contributed by atoms with Gasteiger partial charge in [-0.05, 0) is 68.0 Å². The number of likely N-dealkylation sites (tertiary alicyclic amines) is 1. The van der Waals surface area contributed by atoms with Gasteiger partial charge < -0.3 is 25.6 Å². The van der Waals surface area contributed by atoms with E-state index in [1.165, 1.54) is 6.07 Å². The number of carbonyl (C=O) groups is 2. The number of aliphatic hydroxyl groups is 1. The predicted molar refractivity (Wildman–Crippen MR) is 134 cm³/mol. The van der Waals surface area contributed by atoms with Crippen molar-refractivity contribution in [2.75, 3.05) is 18.4 Å². The second kappa shape index (κ2) is 9.90. The Kier molecular flexibility index (Phi) is 6.80. The van der Waals surface area contributed by atoms with Crippen LogP contribution >= 0.6 is 11.6 Å². The van der Waals surface area contributed by atoms with Crippen molar-refractivity contribution >= 4 is 40.1 Å². The van der Waals surface area contributed by atoms with Gasteiger partial charge in [0.05, 0.1) is 16.7 Å². The molecule has 11 heteroatoms. The van der Waals surface area contributed by atoms with Gasteiger partial charge in [0.1, 0.15) is 0 Å². The number of hydrogen-bond acceptors (Lipinski definition) is 3. The molecule has 5 rings (SSSR count). The molecule has 3 aromatic rings. The summed E-state index contributed by atoms with van der Waals surface area (Å²) in [7, 11) is 0. The third-order valence-electron chi connectivity index (χ3n) is 6.99. The summed E-state index contributed by atoms with van der Waals surface area (Å²) in [4.78, 5) is 31.1. The van der Waals surface area contributed by atoms with E-state index in [0.29, 0.717) is 44.3 Å². The molecule has 2 aliphatic rings. The maximum Gasteiger partial charge on any atom is 0.417 e. The molecule has 1 fully saturated rings. The first-order chi connectivity index (χ1) is 17.6. The Morgan fingerprint density at radius 2 is 1.97 bits per heavy atom. The third-order valence-corrected chi connectivity index (χ3v) is 7.32. The second-order valence-corrected chi connectivity index (χ2v) is 10.00. The van der Waals surface area contributed by atoms with Crippen molar-refractivity contribution in [1.82, 2.24) is 15.2 Å². The number of amides is 3. The zero-order valence-corrected chi connectivity index (χ0v) is 20.5. The van der Waals surface area contributed by atoms with Gasteiger partial charge >= 0.3 is 12.2 Å². The molecule has 1 aliphatic carbocycles. The Morgan fingerprint density at radius 3 is 2.73 bits per heavy atom. The van der Waals surface area contributed by atoms with Gasteiger partial charge in [0.25, 0.3) is 5.91 Å². The van der Waals surface area contributed by atoms with Gasteiger partial charge in [0.2, 0.25) is 0 Å². The normalized spacial score (nSPS) is 20.0. The molecule has 37 heavy (non-hydrogen) atoms. The number of benzene rings is 2. The first kappa shape index (κ1) is 25.4. The highest BCUT2D eigenvalue weighted by Gasteiger charge is 2.34. The molecule has 2 atom stereocenters. The fourth-order valence-corrected chi connectivity index (χ4v) is 5.48. The number of fused-ring (bicyclic) bond motifs is 3. The summed E-state index contributed by atoms with van der Waals surface area (Å²) < 4.78 is 39.4. The van der Waals surface area contributed by atoms with Crippen molar-refractivity contribution in [3.05, 3.63) is 63.8 Å². The monoisotopic (exact) mass is 534 g/mol. The number of nitrogens with zero attached hydrogens (tertiary/aromatic N) is 1. The van der Waals surface area contributed by atoms with E-state index in [9.17, 15) is 27.9 Å². The molecule has 0 bridgehead atoms. The summed E-state index contributed by atoms with van der Waals surface area (Å²) in [5, 5.41) is 15.7. The summed E-state index contributed by atoms with van der Waals surface area (Å²) in [6, 6.07) is 7.82. The van der Waals surface area contributed by atoms with Crippen LogP contribution in [0.5, 0.6) is 0 Å². The fraction of sp³-hybridized carbons (Fsp3) is 0.385. The molecule has 7 nitrogen and oxygen atoms in total. The molecule has 196 valence electrons. The molecule has 1 aliphatic heterocycles. The summed E-state index contributed by atoms with van der Waals surface area (Å²) in [5.74, 6) is -0.137. The van der Waals surface area contributed by atoms with Gasteiger partial charge in [-0.15, -0.1) is 0 Å². The van der Waals surface area contributed by atoms with Crippen molar-refractivity contribution in [2.45, 2.75) is 50.4 Å². The Hall–Kier alpha value is -3.24. The summed E-state index contributed by atoms with van der Waals surface area (Å²) in [6.45, 7) is 0.886.